The van der Waals surface area contributed by atoms with Crippen LogP contribution in [0, 0.1) is 23.7 Å². The molecule has 1 atom stereocenters. The molecule has 3 rings (SSSR count). The number of hydrogen-bond acceptors (Lipinski definition) is 2. The molecule has 5 heteroatoms. The number of carbonyl (C=O) groups excluding carboxylic acids is 2. The smallest absolute Gasteiger partial charge is 0.318 e. The number of nitrogens with one attached hydrogen (secondary N) is 1. The van der Waals surface area contributed by atoms with Crippen molar-refractivity contribution in [1.82, 2.24) is 15.1 Å². The van der Waals surface area contributed by atoms with Gasteiger partial charge in [-0.3, -0.25) is 4.79 Å². The first kappa shape index (κ1) is 14.2. The van der Waals surface area contributed by atoms with Crippen LogP contribution in [0.5, 0.6) is 0 Å². The van der Waals surface area contributed by atoms with E-state index in [-0.39, 0.29) is 23.9 Å². The van der Waals surface area contributed by atoms with Gasteiger partial charge in [0, 0.05) is 32.1 Å². The van der Waals surface area contributed by atoms with Crippen LogP contribution in [-0.2, 0) is 4.79 Å². The SMILES string of the molecule is C#CCNC(=O)N1CCC2(CC1)CC2C(=O)N1CCCC1. The third-order valence-electron chi connectivity index (χ3n) is 5.29. The molecule has 21 heavy (non-hydrogen) atoms. The molecule has 2 saturated heterocycles. The molecule has 5 nitrogen and oxygen atoms in total. The van der Waals surface area contributed by atoms with E-state index in [2.05, 4.69) is 11.2 Å². The predicted octanol–water partition coefficient (Wildman–Crippen LogP) is 1.05. The normalized spacial score (nSPS) is 26.5. The Morgan fingerprint density at radius 2 is 1.81 bits per heavy atom. The van der Waals surface area contributed by atoms with Gasteiger partial charge in [-0.15, -0.1) is 6.42 Å². The Bertz CT molecular complexity index is 468. The van der Waals surface area contributed by atoms with Crippen LogP contribution in [0.1, 0.15) is 32.1 Å². The third-order valence-corrected chi connectivity index (χ3v) is 5.29. The number of carbonyl (C=O) groups is 2. The minimum Gasteiger partial charge on any atom is -0.342 e. The molecule has 114 valence electrons. The van der Waals surface area contributed by atoms with Crippen LogP contribution in [0.25, 0.3) is 0 Å². The van der Waals surface area contributed by atoms with Crippen LogP contribution in [0.2, 0.25) is 0 Å². The highest BCUT2D eigenvalue weighted by molar-refractivity contribution is 5.83. The van der Waals surface area contributed by atoms with Crippen LogP contribution in [0.3, 0.4) is 0 Å². The first-order chi connectivity index (χ1) is 10.2. The van der Waals surface area contributed by atoms with Crippen LogP contribution in [0.15, 0.2) is 0 Å². The molecule has 1 spiro atoms. The Labute approximate surface area is 126 Å². The number of urea groups is 1. The van der Waals surface area contributed by atoms with Crippen molar-refractivity contribution in [3.8, 4) is 12.3 Å². The lowest BCUT2D eigenvalue weighted by Gasteiger charge is -2.33. The zero-order chi connectivity index (χ0) is 14.9. The number of likely N-dealkylation sites (tertiary alicyclic amines) is 2. The molecule has 0 aromatic heterocycles. The monoisotopic (exact) mass is 289 g/mol. The highest BCUT2D eigenvalue weighted by Crippen LogP contribution is 2.60. The van der Waals surface area contributed by atoms with Gasteiger partial charge in [-0.05, 0) is 37.5 Å². The van der Waals surface area contributed by atoms with Crippen molar-refractivity contribution in [1.29, 1.82) is 0 Å². The van der Waals surface area contributed by atoms with Gasteiger partial charge >= 0.3 is 6.03 Å². The van der Waals surface area contributed by atoms with Crippen LogP contribution < -0.4 is 5.32 Å². The summed E-state index contributed by atoms with van der Waals surface area (Å²) in [5, 5.41) is 2.70. The second-order valence-corrected chi connectivity index (χ2v) is 6.50. The average molecular weight is 289 g/mol. The summed E-state index contributed by atoms with van der Waals surface area (Å²) in [5.41, 5.74) is 0.183. The Morgan fingerprint density at radius 1 is 1.14 bits per heavy atom. The van der Waals surface area contributed by atoms with E-state index < -0.39 is 0 Å². The van der Waals surface area contributed by atoms with Crippen LogP contribution in [-0.4, -0.2) is 54.5 Å². The van der Waals surface area contributed by atoms with E-state index in [1.54, 1.807) is 0 Å². The van der Waals surface area contributed by atoms with Gasteiger partial charge in [0.05, 0.1) is 6.54 Å². The zero-order valence-corrected chi connectivity index (χ0v) is 12.4. The number of hydrogen-bond donors (Lipinski definition) is 1. The first-order valence-corrected chi connectivity index (χ1v) is 7.91. The maximum absolute atomic E-state index is 12.4. The van der Waals surface area contributed by atoms with Crippen molar-refractivity contribution in [2.75, 3.05) is 32.7 Å². The molecule has 3 aliphatic rings. The third kappa shape index (κ3) is 2.72. The molecule has 3 fully saturated rings. The van der Waals surface area contributed by atoms with E-state index in [1.807, 2.05) is 9.80 Å². The summed E-state index contributed by atoms with van der Waals surface area (Å²) < 4.78 is 0. The summed E-state index contributed by atoms with van der Waals surface area (Å²) >= 11 is 0. The Morgan fingerprint density at radius 3 is 2.43 bits per heavy atom. The van der Waals surface area contributed by atoms with Gasteiger partial charge in [0.2, 0.25) is 5.91 Å². The largest absolute Gasteiger partial charge is 0.342 e. The fourth-order valence-electron chi connectivity index (χ4n) is 3.80. The molecular formula is C16H23N3O2. The van der Waals surface area contributed by atoms with E-state index in [0.717, 1.165) is 58.3 Å². The quantitative estimate of drug-likeness (QED) is 0.773. The van der Waals surface area contributed by atoms with Gasteiger partial charge in [-0.1, -0.05) is 5.92 Å². The maximum atomic E-state index is 12.4. The maximum Gasteiger partial charge on any atom is 0.318 e. The number of piperidine rings is 1. The first-order valence-electron chi connectivity index (χ1n) is 7.91. The minimum absolute atomic E-state index is 0.0779. The average Bonchev–Trinajstić information content (AvgIpc) is 2.95. The van der Waals surface area contributed by atoms with Gasteiger partial charge in [0.15, 0.2) is 0 Å². The molecule has 0 aromatic rings. The number of terminal acetylenes is 1. The standard InChI is InChI=1S/C16H23N3O2/c1-2-7-17-15(21)19-10-5-16(6-11-19)12-13(16)14(20)18-8-3-4-9-18/h1,13H,3-12H2,(H,17,21). The number of nitrogens with zero attached hydrogens (tertiary/aromatic N) is 2. The molecule has 1 unspecified atom stereocenters. The second-order valence-electron chi connectivity index (χ2n) is 6.50. The topological polar surface area (TPSA) is 52.7 Å². The van der Waals surface area contributed by atoms with Crippen molar-refractivity contribution in [3.63, 3.8) is 0 Å². The number of rotatable bonds is 2. The van der Waals surface area contributed by atoms with Crippen molar-refractivity contribution in [3.05, 3.63) is 0 Å². The zero-order valence-electron chi connectivity index (χ0n) is 12.4. The lowest BCUT2D eigenvalue weighted by atomic mass is 9.90. The second kappa shape index (κ2) is 5.59. The lowest BCUT2D eigenvalue weighted by Crippen LogP contribution is -2.45. The molecule has 0 bridgehead atoms. The van der Waals surface area contributed by atoms with E-state index in [0.29, 0.717) is 5.91 Å². The van der Waals surface area contributed by atoms with Crippen LogP contribution >= 0.6 is 0 Å². The molecule has 0 radical (unpaired) electrons. The molecule has 0 aromatic carbocycles. The summed E-state index contributed by atoms with van der Waals surface area (Å²) in [6.45, 7) is 3.62. The fourth-order valence-corrected chi connectivity index (χ4v) is 3.80. The molecular weight excluding hydrogens is 266 g/mol. The van der Waals surface area contributed by atoms with Crippen LogP contribution in [0.4, 0.5) is 4.79 Å². The van der Waals surface area contributed by atoms with E-state index in [9.17, 15) is 9.59 Å². The summed E-state index contributed by atoms with van der Waals surface area (Å²) in [6, 6.07) is -0.0779. The Hall–Kier alpha value is -1.70. The lowest BCUT2D eigenvalue weighted by molar-refractivity contribution is -0.132. The minimum atomic E-state index is -0.0779. The molecule has 1 saturated carbocycles. The summed E-state index contributed by atoms with van der Waals surface area (Å²) in [7, 11) is 0. The Kier molecular flexibility index (Phi) is 3.79. The van der Waals surface area contributed by atoms with E-state index in [1.165, 1.54) is 0 Å². The summed E-state index contributed by atoms with van der Waals surface area (Å²) in [6.07, 6.45) is 10.3. The summed E-state index contributed by atoms with van der Waals surface area (Å²) in [5.74, 6) is 2.98. The summed E-state index contributed by atoms with van der Waals surface area (Å²) in [4.78, 5) is 28.2. The van der Waals surface area contributed by atoms with E-state index >= 15 is 0 Å². The van der Waals surface area contributed by atoms with Gasteiger partial charge in [-0.25, -0.2) is 4.79 Å². The Balaban J connectivity index is 1.49. The molecule has 3 amide bonds. The fraction of sp³-hybridized carbons (Fsp3) is 0.750. The van der Waals surface area contributed by atoms with Crippen molar-refractivity contribution >= 4 is 11.9 Å². The van der Waals surface area contributed by atoms with Gasteiger partial charge in [0.25, 0.3) is 0 Å². The van der Waals surface area contributed by atoms with Gasteiger partial charge < -0.3 is 15.1 Å². The molecule has 1 aliphatic carbocycles. The highest BCUT2D eigenvalue weighted by Gasteiger charge is 2.59. The molecule has 1 N–H and O–H groups in total. The van der Waals surface area contributed by atoms with Crippen molar-refractivity contribution in [2.24, 2.45) is 11.3 Å². The van der Waals surface area contributed by atoms with E-state index in [4.69, 9.17) is 6.42 Å². The van der Waals surface area contributed by atoms with Crippen molar-refractivity contribution < 1.29 is 9.59 Å². The number of amides is 3. The highest BCUT2D eigenvalue weighted by atomic mass is 16.2. The van der Waals surface area contributed by atoms with Crippen molar-refractivity contribution in [2.45, 2.75) is 32.1 Å². The predicted molar refractivity (Wildman–Crippen MR) is 79.4 cm³/mol. The van der Waals surface area contributed by atoms with Gasteiger partial charge in [0.1, 0.15) is 0 Å². The molecule has 2 heterocycles. The van der Waals surface area contributed by atoms with Gasteiger partial charge in [-0.2, -0.15) is 0 Å². The molecule has 2 aliphatic heterocycles.